The summed E-state index contributed by atoms with van der Waals surface area (Å²) in [6.07, 6.45) is 0.313. The summed E-state index contributed by atoms with van der Waals surface area (Å²) in [4.78, 5) is 25.9. The summed E-state index contributed by atoms with van der Waals surface area (Å²) >= 11 is 0. The van der Waals surface area contributed by atoms with Crippen molar-refractivity contribution in [3.63, 3.8) is 0 Å². The molecule has 5 rings (SSSR count). The number of nitrogens with one attached hydrogen (secondary N) is 3. The summed E-state index contributed by atoms with van der Waals surface area (Å²) in [5.41, 5.74) is 1.22. The fraction of sp³-hybridized carbons (Fsp3) is 0.391. The van der Waals surface area contributed by atoms with E-state index in [0.29, 0.717) is 31.9 Å². The summed E-state index contributed by atoms with van der Waals surface area (Å²) in [6.45, 7) is 1.62. The highest BCUT2D eigenvalue weighted by molar-refractivity contribution is 7.89. The van der Waals surface area contributed by atoms with Crippen LogP contribution in [0.3, 0.4) is 0 Å². The molecule has 0 saturated carbocycles. The van der Waals surface area contributed by atoms with E-state index >= 15 is 0 Å². The summed E-state index contributed by atoms with van der Waals surface area (Å²) in [5, 5.41) is 8.89. The van der Waals surface area contributed by atoms with Gasteiger partial charge in [0.2, 0.25) is 21.8 Å². The molecule has 2 atom stereocenters. The average Bonchev–Trinajstić information content (AvgIpc) is 3.42. The first-order valence-corrected chi connectivity index (χ1v) is 12.5. The van der Waals surface area contributed by atoms with E-state index in [9.17, 15) is 18.0 Å². The molecule has 3 heterocycles. The summed E-state index contributed by atoms with van der Waals surface area (Å²) in [6, 6.07) is 11.3. The Hall–Kier alpha value is -2.99. The Labute approximate surface area is 197 Å². The van der Waals surface area contributed by atoms with Crippen molar-refractivity contribution in [2.75, 3.05) is 50.6 Å². The average molecular weight is 487 g/mol. The number of fused-ring (bicyclic) bond motifs is 2. The molecule has 2 aromatic carbocycles. The first kappa shape index (κ1) is 22.8. The van der Waals surface area contributed by atoms with E-state index in [1.54, 1.807) is 0 Å². The molecule has 3 aliphatic heterocycles. The number of hydrogen-bond donors (Lipinski definition) is 3. The lowest BCUT2D eigenvalue weighted by molar-refractivity contribution is -0.120. The molecule has 10 nitrogen and oxygen atoms in total. The van der Waals surface area contributed by atoms with Crippen LogP contribution in [0.5, 0.6) is 5.75 Å². The highest BCUT2D eigenvalue weighted by atomic mass is 32.2. The summed E-state index contributed by atoms with van der Waals surface area (Å²) < 4.78 is 37.9. The van der Waals surface area contributed by atoms with Gasteiger partial charge in [-0.25, -0.2) is 8.42 Å². The largest absolute Gasteiger partial charge is 0.495 e. The number of para-hydroxylation sites is 1. The van der Waals surface area contributed by atoms with Gasteiger partial charge in [0.1, 0.15) is 5.75 Å². The van der Waals surface area contributed by atoms with Crippen LogP contribution in [0.2, 0.25) is 0 Å². The number of sulfonamides is 1. The molecule has 0 aliphatic carbocycles. The van der Waals surface area contributed by atoms with Crippen LogP contribution in [-0.4, -0.2) is 70.5 Å². The van der Waals surface area contributed by atoms with Crippen LogP contribution in [-0.2, 0) is 29.8 Å². The molecular formula is C23H26N4O6S. The van der Waals surface area contributed by atoms with E-state index < -0.39 is 21.5 Å². The zero-order chi connectivity index (χ0) is 23.9. The standard InChI is InChI=1S/C23H26N4O6S/c1-32-20-12-15(34(30,31)27-8-10-33-11-9-27)6-7-18(20)25-21(28)19-13-23(14-24-19)16-4-2-3-5-17(16)26-22(23)29/h2-7,12,19,24H,8-11,13-14H2,1H3,(H,25,28)(H,26,29). The highest BCUT2D eigenvalue weighted by Crippen LogP contribution is 2.43. The highest BCUT2D eigenvalue weighted by Gasteiger charge is 2.52. The van der Waals surface area contributed by atoms with Crippen molar-refractivity contribution in [2.45, 2.75) is 22.8 Å². The van der Waals surface area contributed by atoms with Crippen molar-refractivity contribution in [1.82, 2.24) is 9.62 Å². The molecule has 2 amide bonds. The van der Waals surface area contributed by atoms with E-state index in [1.165, 1.54) is 29.6 Å². The van der Waals surface area contributed by atoms with Crippen molar-refractivity contribution in [3.8, 4) is 5.75 Å². The molecule has 2 unspecified atom stereocenters. The third kappa shape index (κ3) is 3.74. The first-order chi connectivity index (χ1) is 16.3. The number of carbonyl (C=O) groups excluding carboxylic acids is 2. The fourth-order valence-corrected chi connectivity index (χ4v) is 6.24. The maximum Gasteiger partial charge on any atom is 0.243 e. The predicted molar refractivity (Wildman–Crippen MR) is 124 cm³/mol. The predicted octanol–water partition coefficient (Wildman–Crippen LogP) is 0.907. The van der Waals surface area contributed by atoms with Gasteiger partial charge in [-0.15, -0.1) is 0 Å². The lowest BCUT2D eigenvalue weighted by atomic mass is 9.79. The number of morpholine rings is 1. The fourth-order valence-electron chi connectivity index (χ4n) is 4.82. The monoisotopic (exact) mass is 486 g/mol. The van der Waals surface area contributed by atoms with Gasteiger partial charge in [0.15, 0.2) is 0 Å². The smallest absolute Gasteiger partial charge is 0.243 e. The molecule has 2 aromatic rings. The Morgan fingerprint density at radius 2 is 1.97 bits per heavy atom. The molecule has 2 fully saturated rings. The number of hydrogen-bond acceptors (Lipinski definition) is 7. The SMILES string of the molecule is COc1cc(S(=O)(=O)N2CCOCC2)ccc1NC(=O)C1CC2(CN1)C(=O)Nc1ccccc12. The van der Waals surface area contributed by atoms with E-state index in [4.69, 9.17) is 9.47 Å². The van der Waals surface area contributed by atoms with Crippen LogP contribution in [0.1, 0.15) is 12.0 Å². The van der Waals surface area contributed by atoms with Crippen molar-refractivity contribution in [1.29, 1.82) is 0 Å². The minimum atomic E-state index is -3.70. The minimum absolute atomic E-state index is 0.0847. The Bertz CT molecular complexity index is 1240. The number of carbonyl (C=O) groups is 2. The number of ether oxygens (including phenoxy) is 2. The second kappa shape index (κ2) is 8.66. The summed E-state index contributed by atoms with van der Waals surface area (Å²) in [7, 11) is -2.29. The van der Waals surface area contributed by atoms with Gasteiger partial charge < -0.3 is 25.4 Å². The Kier molecular flexibility index (Phi) is 5.80. The van der Waals surface area contributed by atoms with E-state index in [1.807, 2.05) is 24.3 Å². The maximum absolute atomic E-state index is 13.1. The Morgan fingerprint density at radius 1 is 1.21 bits per heavy atom. The molecule has 3 aliphatic rings. The quantitative estimate of drug-likeness (QED) is 0.573. The van der Waals surface area contributed by atoms with Crippen molar-refractivity contribution < 1.29 is 27.5 Å². The Morgan fingerprint density at radius 3 is 2.74 bits per heavy atom. The zero-order valence-corrected chi connectivity index (χ0v) is 19.5. The van der Waals surface area contributed by atoms with Gasteiger partial charge in [0.25, 0.3) is 0 Å². The molecule has 34 heavy (non-hydrogen) atoms. The second-order valence-corrected chi connectivity index (χ2v) is 10.5. The van der Waals surface area contributed by atoms with Crippen LogP contribution in [0.4, 0.5) is 11.4 Å². The van der Waals surface area contributed by atoms with Crippen LogP contribution < -0.4 is 20.7 Å². The number of rotatable bonds is 5. The number of nitrogens with zero attached hydrogens (tertiary/aromatic N) is 1. The first-order valence-electron chi connectivity index (χ1n) is 11.1. The van der Waals surface area contributed by atoms with E-state index in [0.717, 1.165) is 11.3 Å². The van der Waals surface area contributed by atoms with Crippen LogP contribution in [0.15, 0.2) is 47.4 Å². The van der Waals surface area contributed by atoms with Crippen LogP contribution >= 0.6 is 0 Å². The van der Waals surface area contributed by atoms with Gasteiger partial charge in [-0.1, -0.05) is 18.2 Å². The third-order valence-corrected chi connectivity index (χ3v) is 8.58. The van der Waals surface area contributed by atoms with Gasteiger partial charge >= 0.3 is 0 Å². The summed E-state index contributed by atoms with van der Waals surface area (Å²) in [5.74, 6) is -0.206. The van der Waals surface area contributed by atoms with Crippen molar-refractivity contribution in [3.05, 3.63) is 48.0 Å². The third-order valence-electron chi connectivity index (χ3n) is 6.68. The Balaban J connectivity index is 1.33. The lowest BCUT2D eigenvalue weighted by Gasteiger charge is -2.26. The molecule has 0 bridgehead atoms. The van der Waals surface area contributed by atoms with Gasteiger partial charge in [-0.05, 0) is 30.2 Å². The second-order valence-electron chi connectivity index (χ2n) is 8.59. The van der Waals surface area contributed by atoms with Gasteiger partial charge in [0.05, 0.1) is 42.4 Å². The molecule has 11 heteroatoms. The van der Waals surface area contributed by atoms with Crippen LogP contribution in [0, 0.1) is 0 Å². The normalized spacial score (nSPS) is 24.6. The van der Waals surface area contributed by atoms with Crippen molar-refractivity contribution >= 4 is 33.2 Å². The number of benzene rings is 2. The molecule has 2 saturated heterocycles. The molecule has 0 aromatic heterocycles. The topological polar surface area (TPSA) is 126 Å². The number of amides is 2. The lowest BCUT2D eigenvalue weighted by Crippen LogP contribution is -2.40. The van der Waals surface area contributed by atoms with Crippen LogP contribution in [0.25, 0.3) is 0 Å². The number of anilines is 2. The minimum Gasteiger partial charge on any atom is -0.495 e. The molecule has 180 valence electrons. The van der Waals surface area contributed by atoms with E-state index in [-0.39, 0.29) is 35.5 Å². The van der Waals surface area contributed by atoms with Gasteiger partial charge in [-0.3, -0.25) is 9.59 Å². The van der Waals surface area contributed by atoms with Gasteiger partial charge in [0, 0.05) is 31.4 Å². The maximum atomic E-state index is 13.1. The molecule has 0 radical (unpaired) electrons. The molecular weight excluding hydrogens is 460 g/mol. The van der Waals surface area contributed by atoms with Gasteiger partial charge in [-0.2, -0.15) is 4.31 Å². The molecule has 1 spiro atoms. The van der Waals surface area contributed by atoms with E-state index in [2.05, 4.69) is 16.0 Å². The molecule has 3 N–H and O–H groups in total. The zero-order valence-electron chi connectivity index (χ0n) is 18.7. The van der Waals surface area contributed by atoms with Crippen molar-refractivity contribution in [2.24, 2.45) is 0 Å². The number of methoxy groups -OCH3 is 1.